The van der Waals surface area contributed by atoms with E-state index < -0.39 is 5.60 Å². The summed E-state index contributed by atoms with van der Waals surface area (Å²) in [6.07, 6.45) is 0.733. The van der Waals surface area contributed by atoms with Crippen LogP contribution >= 0.6 is 23.2 Å². The van der Waals surface area contributed by atoms with Crippen LogP contribution in [0.4, 0.5) is 0 Å². The van der Waals surface area contributed by atoms with Crippen LogP contribution in [0.25, 0.3) is 0 Å². The third-order valence-corrected chi connectivity index (χ3v) is 4.58. The Hall–Kier alpha value is -0.810. The number of nitrogens with one attached hydrogen (secondary N) is 1. The Morgan fingerprint density at radius 3 is 2.65 bits per heavy atom. The standard InChI is InChI=1S/C14H17Cl2NO3/c1-8(2-5-11(19)14(20)6-17-7-14)12-10(18)4-3-9(15)13(12)16/h3-4,8,17-18,20H,2,5-7H2,1H3/t8-/m1/s1. The monoisotopic (exact) mass is 317 g/mol. The Kier molecular flexibility index (Phi) is 4.59. The van der Waals surface area contributed by atoms with Gasteiger partial charge < -0.3 is 15.5 Å². The number of phenolic OH excluding ortho intramolecular Hbond substituents is 1. The van der Waals surface area contributed by atoms with Crippen molar-refractivity contribution < 1.29 is 15.0 Å². The van der Waals surface area contributed by atoms with Gasteiger partial charge in [0.2, 0.25) is 0 Å². The first-order chi connectivity index (χ1) is 9.35. The molecule has 1 aliphatic heterocycles. The SMILES string of the molecule is C[C@H](CCC(=O)C1(O)CNC1)c1c(O)ccc(Cl)c1Cl. The predicted molar refractivity (Wildman–Crippen MR) is 78.6 cm³/mol. The molecule has 1 fully saturated rings. The first-order valence-corrected chi connectivity index (χ1v) is 7.24. The van der Waals surface area contributed by atoms with Crippen LogP contribution in [0.1, 0.15) is 31.2 Å². The minimum absolute atomic E-state index is 0.0726. The maximum atomic E-state index is 11.9. The molecule has 6 heteroatoms. The number of ketones is 1. The van der Waals surface area contributed by atoms with Gasteiger partial charge in [0, 0.05) is 25.1 Å². The molecule has 0 amide bonds. The molecule has 0 spiro atoms. The summed E-state index contributed by atoms with van der Waals surface area (Å²) in [6, 6.07) is 3.02. The van der Waals surface area contributed by atoms with Crippen molar-refractivity contribution in [2.45, 2.75) is 31.3 Å². The minimum Gasteiger partial charge on any atom is -0.508 e. The summed E-state index contributed by atoms with van der Waals surface area (Å²) in [5.41, 5.74) is -0.675. The Morgan fingerprint density at radius 1 is 1.45 bits per heavy atom. The summed E-state index contributed by atoms with van der Waals surface area (Å²) >= 11 is 12.0. The molecule has 110 valence electrons. The number of carbonyl (C=O) groups excluding carboxylic acids is 1. The van der Waals surface area contributed by atoms with Crippen molar-refractivity contribution in [3.63, 3.8) is 0 Å². The fourth-order valence-corrected chi connectivity index (χ4v) is 2.82. The molecule has 1 heterocycles. The third-order valence-electron chi connectivity index (χ3n) is 3.76. The number of Topliss-reactive ketones (excluding diaryl/α,β-unsaturated/α-hetero) is 1. The first kappa shape index (κ1) is 15.6. The molecule has 2 rings (SSSR count). The van der Waals surface area contributed by atoms with Crippen LogP contribution in [-0.4, -0.2) is 34.7 Å². The lowest BCUT2D eigenvalue weighted by molar-refractivity contribution is -0.142. The van der Waals surface area contributed by atoms with Crippen LogP contribution in [0.3, 0.4) is 0 Å². The van der Waals surface area contributed by atoms with Crippen molar-refractivity contribution in [3.8, 4) is 5.75 Å². The molecule has 1 atom stereocenters. The van der Waals surface area contributed by atoms with Gasteiger partial charge in [0.05, 0.1) is 10.0 Å². The van der Waals surface area contributed by atoms with Gasteiger partial charge in [-0.2, -0.15) is 0 Å². The molecular weight excluding hydrogens is 301 g/mol. The Labute approximate surface area is 127 Å². The summed E-state index contributed by atoms with van der Waals surface area (Å²) in [6.45, 7) is 2.49. The van der Waals surface area contributed by atoms with Crippen molar-refractivity contribution in [2.75, 3.05) is 13.1 Å². The molecule has 4 nitrogen and oxygen atoms in total. The van der Waals surface area contributed by atoms with Crippen LogP contribution in [0.15, 0.2) is 12.1 Å². The summed E-state index contributed by atoms with van der Waals surface area (Å²) < 4.78 is 0. The van der Waals surface area contributed by atoms with Crippen LogP contribution in [0, 0.1) is 0 Å². The van der Waals surface area contributed by atoms with Gasteiger partial charge in [-0.3, -0.25) is 4.79 Å². The second-order valence-corrected chi connectivity index (χ2v) is 6.08. The van der Waals surface area contributed by atoms with Crippen LogP contribution in [0.2, 0.25) is 10.0 Å². The fraction of sp³-hybridized carbons (Fsp3) is 0.500. The predicted octanol–water partition coefficient (Wildman–Crippen LogP) is 2.49. The van der Waals surface area contributed by atoms with Gasteiger partial charge in [-0.1, -0.05) is 30.1 Å². The number of aliphatic hydroxyl groups is 1. The van der Waals surface area contributed by atoms with E-state index in [0.29, 0.717) is 35.1 Å². The van der Waals surface area contributed by atoms with Crippen LogP contribution < -0.4 is 5.32 Å². The molecule has 0 unspecified atom stereocenters. The van der Waals surface area contributed by atoms with Gasteiger partial charge in [-0.05, 0) is 24.5 Å². The molecule has 1 saturated heterocycles. The van der Waals surface area contributed by atoms with Gasteiger partial charge in [0.1, 0.15) is 11.4 Å². The van der Waals surface area contributed by atoms with E-state index in [1.165, 1.54) is 12.1 Å². The van der Waals surface area contributed by atoms with Crippen molar-refractivity contribution in [3.05, 3.63) is 27.7 Å². The zero-order valence-electron chi connectivity index (χ0n) is 11.1. The second-order valence-electron chi connectivity index (χ2n) is 5.29. The molecule has 0 aromatic heterocycles. The number of benzene rings is 1. The molecular formula is C14H17Cl2NO3. The average molecular weight is 318 g/mol. The van der Waals surface area contributed by atoms with Crippen molar-refractivity contribution >= 4 is 29.0 Å². The molecule has 3 N–H and O–H groups in total. The summed E-state index contributed by atoms with van der Waals surface area (Å²) in [4.78, 5) is 11.9. The van der Waals surface area contributed by atoms with Crippen molar-refractivity contribution in [1.29, 1.82) is 0 Å². The molecule has 0 saturated carbocycles. The van der Waals surface area contributed by atoms with Crippen LogP contribution in [0.5, 0.6) is 5.75 Å². The number of phenols is 1. The quantitative estimate of drug-likeness (QED) is 0.780. The van der Waals surface area contributed by atoms with Gasteiger partial charge in [0.15, 0.2) is 5.78 Å². The molecule has 20 heavy (non-hydrogen) atoms. The van der Waals surface area contributed by atoms with Crippen LogP contribution in [-0.2, 0) is 4.79 Å². The largest absolute Gasteiger partial charge is 0.508 e. The molecule has 0 aliphatic carbocycles. The van der Waals surface area contributed by atoms with Gasteiger partial charge in [-0.25, -0.2) is 0 Å². The van der Waals surface area contributed by atoms with E-state index in [0.717, 1.165) is 0 Å². The lowest BCUT2D eigenvalue weighted by Crippen LogP contribution is -2.64. The van der Waals surface area contributed by atoms with Crippen molar-refractivity contribution in [2.24, 2.45) is 0 Å². The second kappa shape index (κ2) is 5.90. The molecule has 0 radical (unpaired) electrons. The van der Waals surface area contributed by atoms with E-state index in [2.05, 4.69) is 5.32 Å². The van der Waals surface area contributed by atoms with Gasteiger partial charge in [-0.15, -0.1) is 0 Å². The maximum Gasteiger partial charge on any atom is 0.166 e. The lowest BCUT2D eigenvalue weighted by Gasteiger charge is -2.36. The molecule has 1 aromatic rings. The van der Waals surface area contributed by atoms with E-state index in [-0.39, 0.29) is 23.9 Å². The average Bonchev–Trinajstić information content (AvgIpc) is 2.38. The van der Waals surface area contributed by atoms with Gasteiger partial charge >= 0.3 is 0 Å². The zero-order chi connectivity index (χ0) is 14.9. The third kappa shape index (κ3) is 2.93. The number of hydrogen-bond donors (Lipinski definition) is 3. The smallest absolute Gasteiger partial charge is 0.166 e. The number of carbonyl (C=O) groups is 1. The number of rotatable bonds is 5. The Balaban J connectivity index is 2.04. The maximum absolute atomic E-state index is 11.9. The highest BCUT2D eigenvalue weighted by molar-refractivity contribution is 6.42. The highest BCUT2D eigenvalue weighted by Crippen LogP contribution is 2.39. The lowest BCUT2D eigenvalue weighted by atomic mass is 9.86. The van der Waals surface area contributed by atoms with E-state index in [1.54, 1.807) is 0 Å². The highest BCUT2D eigenvalue weighted by Gasteiger charge is 2.41. The Morgan fingerprint density at radius 2 is 2.10 bits per heavy atom. The van der Waals surface area contributed by atoms with Crippen molar-refractivity contribution in [1.82, 2.24) is 5.32 Å². The molecule has 1 aromatic carbocycles. The van der Waals surface area contributed by atoms with E-state index >= 15 is 0 Å². The fourth-order valence-electron chi connectivity index (χ4n) is 2.31. The molecule has 1 aliphatic rings. The highest BCUT2D eigenvalue weighted by atomic mass is 35.5. The Bertz CT molecular complexity index is 529. The van der Waals surface area contributed by atoms with E-state index in [1.807, 2.05) is 6.92 Å². The van der Waals surface area contributed by atoms with E-state index in [9.17, 15) is 15.0 Å². The summed E-state index contributed by atoms with van der Waals surface area (Å²) in [5.74, 6) is -0.231. The number of halogens is 2. The summed E-state index contributed by atoms with van der Waals surface area (Å²) in [7, 11) is 0. The minimum atomic E-state index is -1.22. The summed E-state index contributed by atoms with van der Waals surface area (Å²) in [5, 5.41) is 23.4. The zero-order valence-corrected chi connectivity index (χ0v) is 12.6. The van der Waals surface area contributed by atoms with Gasteiger partial charge in [0.25, 0.3) is 0 Å². The topological polar surface area (TPSA) is 69.6 Å². The first-order valence-electron chi connectivity index (χ1n) is 6.48. The van der Waals surface area contributed by atoms with E-state index in [4.69, 9.17) is 23.2 Å². The number of hydrogen-bond acceptors (Lipinski definition) is 4. The number of β-amino-alcohol motifs (C(OH)–C–C–N with tert-alkyl or cyclic N) is 1. The normalized spacial score (nSPS) is 18.4. The molecule has 0 bridgehead atoms. The number of aromatic hydroxyl groups is 1.